The highest BCUT2D eigenvalue weighted by molar-refractivity contribution is 5.74. The van der Waals surface area contributed by atoms with Crippen LogP contribution in [0.3, 0.4) is 0 Å². The molecule has 0 bridgehead atoms. The summed E-state index contributed by atoms with van der Waals surface area (Å²) in [5.41, 5.74) is -0.251. The zero-order valence-electron chi connectivity index (χ0n) is 9.03. The molecule has 1 unspecified atom stereocenters. The number of nitro groups is 1. The number of hydrogen-bond donors (Lipinski definition) is 2. The van der Waals surface area contributed by atoms with Crippen LogP contribution in [-0.2, 0) is 16.0 Å². The van der Waals surface area contributed by atoms with E-state index in [2.05, 4.69) is 0 Å². The highest BCUT2D eigenvalue weighted by Crippen LogP contribution is 2.26. The lowest BCUT2D eigenvalue weighted by Gasteiger charge is -2.16. The van der Waals surface area contributed by atoms with Gasteiger partial charge < -0.3 is 20.3 Å². The standard InChI is InChI=1S/C10H10N2O6/c13-5-11-7(10(15)16)3-6-1-2-9(14)8(4-6)12(17)18/h1-2,4-5,7,14H,3H2,(H,11,13)(H,15,16)/p-1. The first-order valence-corrected chi connectivity index (χ1v) is 4.82. The van der Waals surface area contributed by atoms with Gasteiger partial charge in [-0.05, 0) is 18.1 Å². The number of phenolic OH excluding ortho intramolecular Hbond substituents is 1. The van der Waals surface area contributed by atoms with Gasteiger partial charge in [0.05, 0.1) is 16.9 Å². The quantitative estimate of drug-likeness (QED) is 0.368. The molecular formula is C10H9N2O6-. The molecule has 0 aromatic heterocycles. The summed E-state index contributed by atoms with van der Waals surface area (Å²) in [6.07, 6.45) is 0.0253. The molecule has 18 heavy (non-hydrogen) atoms. The topological polar surface area (TPSA) is 133 Å². The van der Waals surface area contributed by atoms with Crippen LogP contribution in [0, 0.1) is 10.1 Å². The Hall–Kier alpha value is -2.64. The van der Waals surface area contributed by atoms with Crippen molar-refractivity contribution in [3.05, 3.63) is 33.9 Å². The average molecular weight is 253 g/mol. The summed E-state index contributed by atoms with van der Waals surface area (Å²) < 4.78 is 0. The number of carboxylic acids is 1. The van der Waals surface area contributed by atoms with E-state index in [0.717, 1.165) is 12.1 Å². The number of carbonyl (C=O) groups excluding carboxylic acids is 2. The van der Waals surface area contributed by atoms with Gasteiger partial charge >= 0.3 is 5.69 Å². The third-order valence-electron chi connectivity index (χ3n) is 2.23. The molecule has 2 N–H and O–H groups in total. The third-order valence-corrected chi connectivity index (χ3v) is 2.23. The van der Waals surface area contributed by atoms with Crippen molar-refractivity contribution in [3.8, 4) is 5.75 Å². The van der Waals surface area contributed by atoms with Crippen molar-refractivity contribution in [1.29, 1.82) is 0 Å². The van der Waals surface area contributed by atoms with Gasteiger partial charge in [-0.1, -0.05) is 6.07 Å². The van der Waals surface area contributed by atoms with E-state index >= 15 is 0 Å². The van der Waals surface area contributed by atoms with E-state index in [1.54, 1.807) is 0 Å². The highest BCUT2D eigenvalue weighted by Gasteiger charge is 2.16. The predicted molar refractivity (Wildman–Crippen MR) is 56.5 cm³/mol. The minimum absolute atomic E-state index is 0.178. The smallest absolute Gasteiger partial charge is 0.310 e. The molecule has 0 aliphatic rings. The molecule has 96 valence electrons. The second-order valence-corrected chi connectivity index (χ2v) is 3.44. The van der Waals surface area contributed by atoms with Crippen LogP contribution >= 0.6 is 0 Å². The van der Waals surface area contributed by atoms with Crippen LogP contribution in [0.25, 0.3) is 0 Å². The van der Waals surface area contributed by atoms with E-state index in [4.69, 9.17) is 0 Å². The lowest BCUT2D eigenvalue weighted by molar-refractivity contribution is -0.385. The lowest BCUT2D eigenvalue weighted by atomic mass is 10.1. The Morgan fingerprint density at radius 3 is 2.72 bits per heavy atom. The number of carboxylic acid groups (broad SMARTS) is 1. The van der Waals surface area contributed by atoms with Gasteiger partial charge in [-0.2, -0.15) is 0 Å². The van der Waals surface area contributed by atoms with Crippen LogP contribution in [0.15, 0.2) is 18.2 Å². The maximum atomic E-state index is 10.7. The minimum atomic E-state index is -1.50. The molecule has 8 nitrogen and oxygen atoms in total. The molecule has 1 aromatic rings. The summed E-state index contributed by atoms with van der Waals surface area (Å²) in [4.78, 5) is 30.6. The number of nitro benzene ring substituents is 1. The van der Waals surface area contributed by atoms with Gasteiger partial charge in [0.15, 0.2) is 5.75 Å². The first-order chi connectivity index (χ1) is 8.45. The Morgan fingerprint density at radius 1 is 1.56 bits per heavy atom. The fourth-order valence-electron chi connectivity index (χ4n) is 1.37. The molecule has 0 aliphatic carbocycles. The van der Waals surface area contributed by atoms with Crippen LogP contribution in [-0.4, -0.2) is 28.5 Å². The summed E-state index contributed by atoms with van der Waals surface area (Å²) in [7, 11) is 0. The molecule has 1 amide bonds. The molecule has 0 aliphatic heterocycles. The fourth-order valence-corrected chi connectivity index (χ4v) is 1.37. The maximum absolute atomic E-state index is 10.7. The number of phenols is 1. The first-order valence-electron chi connectivity index (χ1n) is 4.82. The second kappa shape index (κ2) is 5.62. The van der Waals surface area contributed by atoms with Crippen molar-refractivity contribution in [3.63, 3.8) is 0 Å². The van der Waals surface area contributed by atoms with Gasteiger partial charge in [-0.3, -0.25) is 14.9 Å². The molecule has 0 heterocycles. The Labute approximate surface area is 101 Å². The van der Waals surface area contributed by atoms with Crippen LogP contribution in [0.2, 0.25) is 0 Å². The van der Waals surface area contributed by atoms with Crippen molar-refractivity contribution in [2.24, 2.45) is 0 Å². The van der Waals surface area contributed by atoms with Gasteiger partial charge in [-0.25, -0.2) is 0 Å². The number of benzene rings is 1. The zero-order valence-corrected chi connectivity index (χ0v) is 9.03. The largest absolute Gasteiger partial charge is 0.548 e. The van der Waals surface area contributed by atoms with E-state index in [0.29, 0.717) is 0 Å². The monoisotopic (exact) mass is 253 g/mol. The Bertz CT molecular complexity index is 487. The number of hydrogen-bond acceptors (Lipinski definition) is 6. The third kappa shape index (κ3) is 3.17. The summed E-state index contributed by atoms with van der Waals surface area (Å²) in [5.74, 6) is -2.02. The molecular weight excluding hydrogens is 244 g/mol. The molecule has 0 radical (unpaired) electrons. The van der Waals surface area contributed by atoms with Crippen LogP contribution < -0.4 is 10.4 Å². The first kappa shape index (κ1) is 13.4. The number of rotatable bonds is 6. The lowest BCUT2D eigenvalue weighted by Crippen LogP contribution is -2.46. The minimum Gasteiger partial charge on any atom is -0.548 e. The normalized spacial score (nSPS) is 11.6. The molecule has 1 aromatic carbocycles. The summed E-state index contributed by atoms with van der Waals surface area (Å²) >= 11 is 0. The predicted octanol–water partition coefficient (Wildman–Crippen LogP) is -1.29. The number of carbonyl (C=O) groups is 2. The van der Waals surface area contributed by atoms with Gasteiger partial charge in [0, 0.05) is 6.07 Å². The second-order valence-electron chi connectivity index (χ2n) is 3.44. The van der Waals surface area contributed by atoms with Crippen molar-refractivity contribution in [2.75, 3.05) is 0 Å². The number of nitrogens with zero attached hydrogens (tertiary/aromatic N) is 1. The van der Waals surface area contributed by atoms with E-state index in [1.807, 2.05) is 5.32 Å². The van der Waals surface area contributed by atoms with E-state index in [1.165, 1.54) is 6.07 Å². The van der Waals surface area contributed by atoms with Crippen LogP contribution in [0.1, 0.15) is 5.56 Å². The van der Waals surface area contributed by atoms with Gasteiger partial charge in [0.2, 0.25) is 6.41 Å². The molecule has 1 rings (SSSR count). The number of amides is 1. The molecule has 0 saturated heterocycles. The number of nitrogens with one attached hydrogen (secondary N) is 1. The number of aromatic hydroxyl groups is 1. The summed E-state index contributed by atoms with van der Waals surface area (Å²) in [6, 6.07) is 2.16. The van der Waals surface area contributed by atoms with Gasteiger partial charge in [-0.15, -0.1) is 0 Å². The van der Waals surface area contributed by atoms with E-state index in [-0.39, 0.29) is 18.4 Å². The van der Waals surface area contributed by atoms with Crippen molar-refractivity contribution < 1.29 is 24.7 Å². The average Bonchev–Trinajstić information content (AvgIpc) is 2.30. The molecule has 0 fully saturated rings. The highest BCUT2D eigenvalue weighted by atomic mass is 16.6. The molecule has 8 heteroatoms. The molecule has 1 atom stereocenters. The van der Waals surface area contributed by atoms with Crippen LogP contribution in [0.5, 0.6) is 5.75 Å². The Morgan fingerprint density at radius 2 is 2.22 bits per heavy atom. The van der Waals surface area contributed by atoms with Crippen molar-refractivity contribution in [2.45, 2.75) is 12.5 Å². The zero-order chi connectivity index (χ0) is 13.7. The van der Waals surface area contributed by atoms with Crippen molar-refractivity contribution >= 4 is 18.1 Å². The Kier molecular flexibility index (Phi) is 4.19. The number of aliphatic carboxylic acids is 1. The van der Waals surface area contributed by atoms with Gasteiger partial charge in [0.25, 0.3) is 0 Å². The molecule has 0 saturated carbocycles. The van der Waals surface area contributed by atoms with Crippen molar-refractivity contribution in [1.82, 2.24) is 5.32 Å². The SMILES string of the molecule is O=CNC(Cc1ccc(O)c([N+](=O)[O-])c1)C(=O)[O-]. The summed E-state index contributed by atoms with van der Waals surface area (Å²) in [6.45, 7) is 0. The maximum Gasteiger partial charge on any atom is 0.310 e. The summed E-state index contributed by atoms with van der Waals surface area (Å²) in [5, 5.41) is 32.5. The van der Waals surface area contributed by atoms with Gasteiger partial charge in [0.1, 0.15) is 0 Å². The molecule has 0 spiro atoms. The van der Waals surface area contributed by atoms with E-state index in [9.17, 15) is 29.9 Å². The van der Waals surface area contributed by atoms with Crippen LogP contribution in [0.4, 0.5) is 5.69 Å². The fraction of sp³-hybridized carbons (Fsp3) is 0.200. The van der Waals surface area contributed by atoms with E-state index < -0.39 is 28.4 Å². The Balaban J connectivity index is 2.96.